The second-order valence-electron chi connectivity index (χ2n) is 6.83. The number of hydrogen-bond donors (Lipinski definition) is 1. The molecule has 0 aliphatic heterocycles. The molecule has 10 heteroatoms. The van der Waals surface area contributed by atoms with Crippen molar-refractivity contribution in [1.82, 2.24) is 4.90 Å². The second-order valence-corrected chi connectivity index (χ2v) is 7.91. The van der Waals surface area contributed by atoms with Gasteiger partial charge in [0.15, 0.2) is 6.61 Å². The minimum atomic E-state index is -0.713. The monoisotopic (exact) mass is 441 g/mol. The van der Waals surface area contributed by atoms with Crippen molar-refractivity contribution in [3.05, 3.63) is 69.1 Å². The molecule has 0 unspecified atom stereocenters. The number of aryl methyl sites for hydroxylation is 1. The summed E-state index contributed by atoms with van der Waals surface area (Å²) in [6, 6.07) is 13.0. The van der Waals surface area contributed by atoms with Gasteiger partial charge in [0.2, 0.25) is 5.91 Å². The molecule has 0 atom stereocenters. The molecule has 2 amide bonds. The number of amides is 2. The fourth-order valence-electron chi connectivity index (χ4n) is 2.69. The maximum Gasteiger partial charge on any atom is 0.348 e. The SMILES string of the molecule is Cc1ccc(NC(=O)CN(C)C(=O)COC(=O)c2cc3cc([N+](=O)[O-])ccc3s2)cc1. The number of carbonyl (C=O) groups is 3. The number of fused-ring (bicyclic) bond motifs is 1. The van der Waals surface area contributed by atoms with Gasteiger partial charge in [0, 0.05) is 35.0 Å². The molecule has 1 aromatic heterocycles. The van der Waals surface area contributed by atoms with Crippen LogP contribution in [0.5, 0.6) is 0 Å². The predicted molar refractivity (Wildman–Crippen MR) is 116 cm³/mol. The fraction of sp³-hybridized carbons (Fsp3) is 0.190. The Morgan fingerprint density at radius 3 is 2.52 bits per heavy atom. The molecule has 0 fully saturated rings. The minimum absolute atomic E-state index is 0.0778. The summed E-state index contributed by atoms with van der Waals surface area (Å²) < 4.78 is 5.73. The molecule has 2 aromatic carbocycles. The van der Waals surface area contributed by atoms with Crippen molar-refractivity contribution in [2.24, 2.45) is 0 Å². The van der Waals surface area contributed by atoms with E-state index in [0.717, 1.165) is 21.8 Å². The number of nitrogens with one attached hydrogen (secondary N) is 1. The Morgan fingerprint density at radius 1 is 1.13 bits per heavy atom. The van der Waals surface area contributed by atoms with Crippen LogP contribution in [0, 0.1) is 17.0 Å². The van der Waals surface area contributed by atoms with E-state index < -0.39 is 23.4 Å². The molecule has 0 bridgehead atoms. The highest BCUT2D eigenvalue weighted by molar-refractivity contribution is 7.20. The number of likely N-dealkylation sites (N-methyl/N-ethyl adjacent to an activating group) is 1. The number of benzene rings is 2. The molecule has 31 heavy (non-hydrogen) atoms. The molecular formula is C21H19N3O6S. The van der Waals surface area contributed by atoms with Gasteiger partial charge in [-0.15, -0.1) is 11.3 Å². The number of esters is 1. The van der Waals surface area contributed by atoms with Crippen LogP contribution < -0.4 is 5.32 Å². The molecule has 160 valence electrons. The number of carbonyl (C=O) groups excluding carboxylic acids is 3. The van der Waals surface area contributed by atoms with Gasteiger partial charge >= 0.3 is 5.97 Å². The van der Waals surface area contributed by atoms with Crippen LogP contribution in [0.2, 0.25) is 0 Å². The number of thiophene rings is 1. The number of nitrogens with zero attached hydrogens (tertiary/aromatic N) is 2. The van der Waals surface area contributed by atoms with Crippen molar-refractivity contribution in [1.29, 1.82) is 0 Å². The van der Waals surface area contributed by atoms with Gasteiger partial charge < -0.3 is 15.0 Å². The molecule has 0 spiro atoms. The zero-order valence-electron chi connectivity index (χ0n) is 16.8. The lowest BCUT2D eigenvalue weighted by Gasteiger charge is -2.16. The van der Waals surface area contributed by atoms with Crippen molar-refractivity contribution in [3.63, 3.8) is 0 Å². The molecule has 3 rings (SSSR count). The molecule has 0 aliphatic carbocycles. The van der Waals surface area contributed by atoms with Crippen LogP contribution in [0.15, 0.2) is 48.5 Å². The normalized spacial score (nSPS) is 10.5. The Labute approximate surface area is 181 Å². The van der Waals surface area contributed by atoms with Gasteiger partial charge in [-0.25, -0.2) is 4.79 Å². The summed E-state index contributed by atoms with van der Waals surface area (Å²) in [5.74, 6) is -1.63. The summed E-state index contributed by atoms with van der Waals surface area (Å²) in [4.78, 5) is 48.3. The lowest BCUT2D eigenvalue weighted by Crippen LogP contribution is -2.37. The maximum atomic E-state index is 12.3. The van der Waals surface area contributed by atoms with Gasteiger partial charge in [-0.2, -0.15) is 0 Å². The molecule has 0 aliphatic rings. The van der Waals surface area contributed by atoms with E-state index in [2.05, 4.69) is 5.32 Å². The standard InChI is InChI=1S/C21H19N3O6S/c1-13-3-5-15(6-4-13)22-19(25)11-23(2)20(26)12-30-21(27)18-10-14-9-16(24(28)29)7-8-17(14)31-18/h3-10H,11-12H2,1-2H3,(H,22,25). The number of non-ortho nitro benzene ring substituents is 1. The van der Waals surface area contributed by atoms with Crippen LogP contribution >= 0.6 is 11.3 Å². The molecule has 0 saturated carbocycles. The topological polar surface area (TPSA) is 119 Å². The van der Waals surface area contributed by atoms with E-state index in [1.54, 1.807) is 18.2 Å². The van der Waals surface area contributed by atoms with Crippen LogP contribution in [0.1, 0.15) is 15.2 Å². The first-order valence-electron chi connectivity index (χ1n) is 9.18. The average molecular weight is 441 g/mol. The van der Waals surface area contributed by atoms with Gasteiger partial charge in [0.25, 0.3) is 11.6 Å². The smallest absolute Gasteiger partial charge is 0.348 e. The molecule has 0 saturated heterocycles. The quantitative estimate of drug-likeness (QED) is 0.341. The van der Waals surface area contributed by atoms with Crippen LogP contribution in [-0.2, 0) is 14.3 Å². The third-order valence-corrected chi connectivity index (χ3v) is 5.48. The largest absolute Gasteiger partial charge is 0.451 e. The number of hydrogen-bond acceptors (Lipinski definition) is 7. The third-order valence-electron chi connectivity index (χ3n) is 4.38. The summed E-state index contributed by atoms with van der Waals surface area (Å²) in [6.07, 6.45) is 0. The zero-order valence-corrected chi connectivity index (χ0v) is 17.6. The lowest BCUT2D eigenvalue weighted by molar-refractivity contribution is -0.384. The molecule has 1 heterocycles. The Morgan fingerprint density at radius 2 is 1.84 bits per heavy atom. The summed E-state index contributed by atoms with van der Waals surface area (Å²) in [7, 11) is 1.43. The summed E-state index contributed by atoms with van der Waals surface area (Å²) in [5.41, 5.74) is 1.60. The van der Waals surface area contributed by atoms with Gasteiger partial charge in [0.1, 0.15) is 4.88 Å². The molecule has 1 N–H and O–H groups in total. The molecule has 9 nitrogen and oxygen atoms in total. The molecular weight excluding hydrogens is 422 g/mol. The zero-order chi connectivity index (χ0) is 22.5. The Bertz CT molecular complexity index is 1160. The predicted octanol–water partition coefficient (Wildman–Crippen LogP) is 3.37. The fourth-order valence-corrected chi connectivity index (χ4v) is 3.63. The number of nitro benzene ring substituents is 1. The number of anilines is 1. The van der Waals surface area contributed by atoms with Crippen molar-refractivity contribution >= 4 is 50.6 Å². The van der Waals surface area contributed by atoms with Crippen molar-refractivity contribution in [3.8, 4) is 0 Å². The van der Waals surface area contributed by atoms with Gasteiger partial charge in [0.05, 0.1) is 11.5 Å². The third kappa shape index (κ3) is 5.64. The van der Waals surface area contributed by atoms with Crippen molar-refractivity contribution in [2.45, 2.75) is 6.92 Å². The minimum Gasteiger partial charge on any atom is -0.451 e. The van der Waals surface area contributed by atoms with E-state index in [1.165, 1.54) is 25.2 Å². The highest BCUT2D eigenvalue weighted by Crippen LogP contribution is 2.29. The summed E-state index contributed by atoms with van der Waals surface area (Å²) in [5, 5.41) is 14.1. The van der Waals surface area contributed by atoms with Gasteiger partial charge in [-0.05, 0) is 31.2 Å². The molecule has 0 radical (unpaired) electrons. The van der Waals surface area contributed by atoms with Gasteiger partial charge in [-0.1, -0.05) is 17.7 Å². The number of rotatable bonds is 7. The van der Waals surface area contributed by atoms with Crippen molar-refractivity contribution in [2.75, 3.05) is 25.5 Å². The van der Waals surface area contributed by atoms with E-state index in [4.69, 9.17) is 4.74 Å². The Hall–Kier alpha value is -3.79. The van der Waals surface area contributed by atoms with Crippen molar-refractivity contribution < 1.29 is 24.0 Å². The maximum absolute atomic E-state index is 12.3. The lowest BCUT2D eigenvalue weighted by atomic mass is 10.2. The van der Waals surface area contributed by atoms with Gasteiger partial charge in [-0.3, -0.25) is 19.7 Å². The van der Waals surface area contributed by atoms with E-state index >= 15 is 0 Å². The second kappa shape index (κ2) is 9.35. The Balaban J connectivity index is 1.52. The number of nitro groups is 1. The van der Waals surface area contributed by atoms with Crippen LogP contribution in [0.4, 0.5) is 11.4 Å². The first-order valence-corrected chi connectivity index (χ1v) is 10.00. The highest BCUT2D eigenvalue weighted by Gasteiger charge is 2.18. The van der Waals surface area contributed by atoms with E-state index in [1.807, 2.05) is 19.1 Å². The molecule has 3 aromatic rings. The summed E-state index contributed by atoms with van der Waals surface area (Å²) >= 11 is 1.11. The highest BCUT2D eigenvalue weighted by atomic mass is 32.1. The van der Waals surface area contributed by atoms with E-state index in [0.29, 0.717) is 15.8 Å². The average Bonchev–Trinajstić information content (AvgIpc) is 3.16. The van der Waals surface area contributed by atoms with Crippen LogP contribution in [-0.4, -0.2) is 47.8 Å². The van der Waals surface area contributed by atoms with E-state index in [-0.39, 0.29) is 23.0 Å². The van der Waals surface area contributed by atoms with E-state index in [9.17, 15) is 24.5 Å². The first-order chi connectivity index (χ1) is 14.7. The summed E-state index contributed by atoms with van der Waals surface area (Å²) in [6.45, 7) is 1.21. The number of ether oxygens (including phenoxy) is 1. The van der Waals surface area contributed by atoms with Crippen LogP contribution in [0.3, 0.4) is 0 Å². The van der Waals surface area contributed by atoms with Crippen LogP contribution in [0.25, 0.3) is 10.1 Å². The first kappa shape index (κ1) is 21.9. The Kier molecular flexibility index (Phi) is 6.61.